The van der Waals surface area contributed by atoms with E-state index in [2.05, 4.69) is 312 Å². The molecular weight excluding hydrogens is 1030 g/mol. The summed E-state index contributed by atoms with van der Waals surface area (Å²) in [5.41, 5.74) is 24.2. The third-order valence-corrected chi connectivity index (χ3v) is 14.1. The van der Waals surface area contributed by atoms with Crippen LogP contribution in [0.2, 0.25) is 0 Å². The van der Waals surface area contributed by atoms with Crippen LogP contribution in [0.4, 0.5) is 0 Å². The number of benzene rings is 9. The minimum Gasteiger partial charge on any atom is -0.262 e. The molecule has 0 amide bonds. The minimum atomic E-state index is 1.08. The van der Waals surface area contributed by atoms with Crippen LogP contribution in [0.25, 0.3) is 32.3 Å². The zero-order chi connectivity index (χ0) is 62.4. The molecule has 3 nitrogen and oxygen atoms in total. The molecule has 0 aliphatic heterocycles. The highest BCUT2D eigenvalue weighted by atomic mass is 14.7. The average Bonchev–Trinajstić information content (AvgIpc) is 3.58. The predicted octanol–water partition coefficient (Wildman–Crippen LogP) is 22.7. The Morgan fingerprint density at radius 2 is 0.588 bits per heavy atom. The van der Waals surface area contributed by atoms with Crippen LogP contribution in [0.15, 0.2) is 231 Å². The van der Waals surface area contributed by atoms with Crippen molar-refractivity contribution in [2.24, 2.45) is 0 Å². The summed E-state index contributed by atoms with van der Waals surface area (Å²) in [7, 11) is 0. The van der Waals surface area contributed by atoms with Gasteiger partial charge in [0.25, 0.3) is 0 Å². The number of aromatic nitrogens is 3. The lowest BCUT2D eigenvalue weighted by atomic mass is 10.0. The van der Waals surface area contributed by atoms with Crippen molar-refractivity contribution in [3.63, 3.8) is 0 Å². The summed E-state index contributed by atoms with van der Waals surface area (Å²) in [5, 5.41) is 8.08. The van der Waals surface area contributed by atoms with Gasteiger partial charge in [-0.15, -0.1) is 0 Å². The van der Waals surface area contributed by atoms with Crippen molar-refractivity contribution in [1.29, 1.82) is 0 Å². The van der Waals surface area contributed by atoms with Gasteiger partial charge in [-0.25, -0.2) is 0 Å². The van der Waals surface area contributed by atoms with E-state index in [9.17, 15) is 0 Å². The molecule has 3 heterocycles. The first kappa shape index (κ1) is 68.7. The van der Waals surface area contributed by atoms with Crippen LogP contribution in [-0.4, -0.2) is 15.0 Å². The molecule has 0 aliphatic rings. The van der Waals surface area contributed by atoms with Gasteiger partial charge in [0, 0.05) is 35.2 Å². The Balaban J connectivity index is 0.000000206. The normalized spacial score (nSPS) is 9.82. The first-order valence-electron chi connectivity index (χ1n) is 29.6. The molecule has 3 aromatic heterocycles. The lowest BCUT2D eigenvalue weighted by molar-refractivity contribution is 1.09. The SMILES string of the molecule is Cc1ccc(C)c(C)n1.Cc1ccc(C)c2ccccc12.Cc1ccc(C)cc1.Cc1ccc(C)nc1.Cc1ccc2cc(C)ccc2c1.Cc1ccc2ccc(C)cc2c1.Cc1cccc(C)c1.Cc1ccccc1C.Cc1ccnc(C)c1. The zero-order valence-electron chi connectivity index (χ0n) is 54.8. The lowest BCUT2D eigenvalue weighted by Gasteiger charge is -2.03. The first-order chi connectivity index (χ1) is 40.4. The van der Waals surface area contributed by atoms with E-state index in [1.54, 1.807) is 0 Å². The topological polar surface area (TPSA) is 38.7 Å². The molecular formula is C82H95N3. The number of aryl methyl sites for hydroxylation is 19. The molecule has 3 heteroatoms. The molecule has 0 saturated heterocycles. The van der Waals surface area contributed by atoms with Gasteiger partial charge in [-0.2, -0.15) is 0 Å². The van der Waals surface area contributed by atoms with Crippen LogP contribution in [0.1, 0.15) is 106 Å². The standard InChI is InChI=1S/3C12H12.C8H11N.3C8H10.2C7H9N/c1-9-3-5-12-8-10(2)4-6-11(12)7-9;1-9-3-5-11-6-4-10(2)8-12(11)7-9;1-9-7-8-10(2)12-6-4-3-5-11(9)12;1-6-4-5-7(2)9-8(6)3;1-7-3-5-8(2)6-4-7;1-7-4-3-5-8(2)6-7;1-7-5-3-4-6-8(7)2;1-6-3-4-8-7(2)5-6;1-6-3-4-7(2)8-5-6/h3*3-8H,1-2H3;4-5H,1-3H3;3*3-6H,1-2H3;2*3-5H,1-2H3. The van der Waals surface area contributed by atoms with Gasteiger partial charge in [0.15, 0.2) is 0 Å². The van der Waals surface area contributed by atoms with Gasteiger partial charge in [-0.05, 0) is 227 Å². The van der Waals surface area contributed by atoms with E-state index in [0.717, 1.165) is 22.8 Å². The van der Waals surface area contributed by atoms with Gasteiger partial charge >= 0.3 is 0 Å². The number of hydrogen-bond acceptors (Lipinski definition) is 3. The van der Waals surface area contributed by atoms with Gasteiger partial charge in [0.2, 0.25) is 0 Å². The van der Waals surface area contributed by atoms with Crippen LogP contribution in [0.3, 0.4) is 0 Å². The highest BCUT2D eigenvalue weighted by molar-refractivity contribution is 5.88. The summed E-state index contributed by atoms with van der Waals surface area (Å²) in [5.74, 6) is 0. The Labute approximate surface area is 513 Å². The second-order valence-corrected chi connectivity index (χ2v) is 22.7. The van der Waals surface area contributed by atoms with Gasteiger partial charge in [0.05, 0.1) is 0 Å². The molecule has 0 radical (unpaired) electrons. The second-order valence-electron chi connectivity index (χ2n) is 22.7. The van der Waals surface area contributed by atoms with Crippen molar-refractivity contribution in [3.05, 3.63) is 337 Å². The Morgan fingerprint density at radius 3 is 0.941 bits per heavy atom. The number of pyridine rings is 3. The molecule has 0 unspecified atom stereocenters. The Kier molecular flexibility index (Phi) is 29.1. The van der Waals surface area contributed by atoms with Crippen LogP contribution in [0.5, 0.6) is 0 Å². The van der Waals surface area contributed by atoms with E-state index in [4.69, 9.17) is 0 Å². The number of fused-ring (bicyclic) bond motifs is 3. The van der Waals surface area contributed by atoms with E-state index in [1.807, 2.05) is 65.2 Å². The molecule has 0 saturated carbocycles. The van der Waals surface area contributed by atoms with Crippen LogP contribution in [-0.2, 0) is 0 Å². The molecule has 0 fully saturated rings. The van der Waals surface area contributed by atoms with Gasteiger partial charge < -0.3 is 0 Å². The molecule has 12 aromatic rings. The molecule has 0 atom stereocenters. The quantitative estimate of drug-likeness (QED) is 0.152. The molecule has 0 spiro atoms. The van der Waals surface area contributed by atoms with E-state index >= 15 is 0 Å². The van der Waals surface area contributed by atoms with E-state index < -0.39 is 0 Å². The Hall–Kier alpha value is -8.79. The average molecular weight is 1120 g/mol. The van der Waals surface area contributed by atoms with Crippen LogP contribution >= 0.6 is 0 Å². The number of rotatable bonds is 0. The molecule has 85 heavy (non-hydrogen) atoms. The lowest BCUT2D eigenvalue weighted by Crippen LogP contribution is -1.87. The fourth-order valence-electron chi connectivity index (χ4n) is 8.66. The smallest absolute Gasteiger partial charge is 0.0404 e. The van der Waals surface area contributed by atoms with Gasteiger partial charge in [-0.3, -0.25) is 15.0 Å². The number of nitrogens with zero attached hydrogens (tertiary/aromatic N) is 3. The molecule has 0 bridgehead atoms. The van der Waals surface area contributed by atoms with Crippen molar-refractivity contribution in [1.82, 2.24) is 15.0 Å². The van der Waals surface area contributed by atoms with Crippen LogP contribution in [0, 0.1) is 132 Å². The fraction of sp³-hybridized carbons (Fsp3) is 0.232. The number of hydrogen-bond donors (Lipinski definition) is 0. The maximum absolute atomic E-state index is 4.27. The largest absolute Gasteiger partial charge is 0.262 e. The summed E-state index contributed by atoms with van der Waals surface area (Å²) < 4.78 is 0. The van der Waals surface area contributed by atoms with Gasteiger partial charge in [0.1, 0.15) is 0 Å². The first-order valence-corrected chi connectivity index (χ1v) is 29.6. The second kappa shape index (κ2) is 36.0. The van der Waals surface area contributed by atoms with E-state index in [1.165, 1.54) is 116 Å². The minimum absolute atomic E-state index is 1.08. The predicted molar refractivity (Wildman–Crippen MR) is 374 cm³/mol. The summed E-state index contributed by atoms with van der Waals surface area (Å²) in [6, 6.07) is 76.6. The summed E-state index contributed by atoms with van der Waals surface area (Å²) in [6.07, 6.45) is 3.69. The molecule has 438 valence electrons. The maximum atomic E-state index is 4.27. The zero-order valence-corrected chi connectivity index (χ0v) is 54.8. The van der Waals surface area contributed by atoms with E-state index in [-0.39, 0.29) is 0 Å². The fourth-order valence-corrected chi connectivity index (χ4v) is 8.66. The van der Waals surface area contributed by atoms with Crippen molar-refractivity contribution < 1.29 is 0 Å². The highest BCUT2D eigenvalue weighted by Crippen LogP contribution is 2.22. The molecule has 0 aliphatic carbocycles. The van der Waals surface area contributed by atoms with Crippen molar-refractivity contribution >= 4 is 32.3 Å². The third-order valence-electron chi connectivity index (χ3n) is 14.1. The summed E-state index contributed by atoms with van der Waals surface area (Å²) >= 11 is 0. The monoisotopic (exact) mass is 1120 g/mol. The highest BCUT2D eigenvalue weighted by Gasteiger charge is 1.98. The van der Waals surface area contributed by atoms with E-state index in [0.29, 0.717) is 0 Å². The molecule has 9 aromatic carbocycles. The summed E-state index contributed by atoms with van der Waals surface area (Å²) in [6.45, 7) is 39.6. The van der Waals surface area contributed by atoms with Crippen molar-refractivity contribution in [2.45, 2.75) is 132 Å². The van der Waals surface area contributed by atoms with Crippen molar-refractivity contribution in [2.75, 3.05) is 0 Å². The maximum Gasteiger partial charge on any atom is 0.0404 e. The van der Waals surface area contributed by atoms with Gasteiger partial charge in [-0.1, -0.05) is 239 Å². The Morgan fingerprint density at radius 1 is 0.212 bits per heavy atom. The third kappa shape index (κ3) is 26.6. The Bertz CT molecular complexity index is 3620. The summed E-state index contributed by atoms with van der Waals surface area (Å²) in [4.78, 5) is 12.4. The molecule has 0 N–H and O–H groups in total. The molecule has 12 rings (SSSR count). The van der Waals surface area contributed by atoms with Crippen LogP contribution < -0.4 is 0 Å². The van der Waals surface area contributed by atoms with Crippen molar-refractivity contribution in [3.8, 4) is 0 Å².